The van der Waals surface area contributed by atoms with E-state index in [4.69, 9.17) is 21.1 Å². The average molecular weight is 426 g/mol. The van der Waals surface area contributed by atoms with Crippen molar-refractivity contribution in [3.63, 3.8) is 0 Å². The van der Waals surface area contributed by atoms with Crippen LogP contribution in [0.4, 0.5) is 11.4 Å². The highest BCUT2D eigenvalue weighted by molar-refractivity contribution is 6.32. The third kappa shape index (κ3) is 5.87. The molecule has 0 aliphatic carbocycles. The Morgan fingerprint density at radius 2 is 1.87 bits per heavy atom. The van der Waals surface area contributed by atoms with Crippen molar-refractivity contribution >= 4 is 28.9 Å². The van der Waals surface area contributed by atoms with Crippen LogP contribution in [0.25, 0.3) is 0 Å². The molecule has 1 atom stereocenters. The third-order valence-corrected chi connectivity index (χ3v) is 4.55. The number of nitrogens with one attached hydrogen (secondary N) is 2. The molecule has 2 aromatic carbocycles. The molecule has 2 N–H and O–H groups in total. The molecule has 1 amide bonds. The van der Waals surface area contributed by atoms with Gasteiger partial charge in [0.05, 0.1) is 23.0 Å². The molecule has 0 bridgehead atoms. The SMILES string of the molecule is CCOc1ccccc1NC(=O)C(C)Nc1ccc(OCc2ccccn2)c(Cl)c1. The third-order valence-electron chi connectivity index (χ3n) is 4.25. The van der Waals surface area contributed by atoms with Gasteiger partial charge in [-0.2, -0.15) is 0 Å². The molecular formula is C23H24ClN3O3. The molecule has 0 saturated carbocycles. The van der Waals surface area contributed by atoms with Crippen molar-refractivity contribution in [2.75, 3.05) is 17.2 Å². The van der Waals surface area contributed by atoms with Crippen molar-refractivity contribution < 1.29 is 14.3 Å². The monoisotopic (exact) mass is 425 g/mol. The molecule has 7 heteroatoms. The van der Waals surface area contributed by atoms with Crippen LogP contribution in [0.1, 0.15) is 19.5 Å². The number of hydrogen-bond donors (Lipinski definition) is 2. The van der Waals surface area contributed by atoms with Gasteiger partial charge in [-0.3, -0.25) is 9.78 Å². The van der Waals surface area contributed by atoms with Crippen LogP contribution < -0.4 is 20.1 Å². The summed E-state index contributed by atoms with van der Waals surface area (Å²) in [7, 11) is 0. The number of halogens is 1. The van der Waals surface area contributed by atoms with E-state index in [2.05, 4.69) is 15.6 Å². The predicted octanol–water partition coefficient (Wildman–Crippen LogP) is 5.15. The van der Waals surface area contributed by atoms with Crippen LogP contribution in [0.3, 0.4) is 0 Å². The van der Waals surface area contributed by atoms with Gasteiger partial charge >= 0.3 is 0 Å². The van der Waals surface area contributed by atoms with Crippen LogP contribution in [-0.2, 0) is 11.4 Å². The number of benzene rings is 2. The molecule has 0 spiro atoms. The van der Waals surface area contributed by atoms with Gasteiger partial charge in [0.25, 0.3) is 0 Å². The first-order valence-electron chi connectivity index (χ1n) is 9.68. The number of carbonyl (C=O) groups excluding carboxylic acids is 1. The molecule has 0 aliphatic heterocycles. The molecule has 3 aromatic rings. The van der Waals surface area contributed by atoms with E-state index >= 15 is 0 Å². The zero-order valence-electron chi connectivity index (χ0n) is 16.9. The molecule has 0 aliphatic rings. The van der Waals surface area contributed by atoms with Gasteiger partial charge < -0.3 is 20.1 Å². The van der Waals surface area contributed by atoms with E-state index in [0.29, 0.717) is 41.1 Å². The van der Waals surface area contributed by atoms with Crippen LogP contribution in [0.15, 0.2) is 66.9 Å². The first-order valence-corrected chi connectivity index (χ1v) is 10.1. The van der Waals surface area contributed by atoms with Gasteiger partial charge in [-0.1, -0.05) is 29.8 Å². The van der Waals surface area contributed by atoms with E-state index in [9.17, 15) is 4.79 Å². The highest BCUT2D eigenvalue weighted by Gasteiger charge is 2.15. The summed E-state index contributed by atoms with van der Waals surface area (Å²) < 4.78 is 11.3. The minimum Gasteiger partial charge on any atom is -0.492 e. The van der Waals surface area contributed by atoms with Crippen molar-refractivity contribution in [1.29, 1.82) is 0 Å². The maximum atomic E-state index is 12.6. The van der Waals surface area contributed by atoms with Crippen molar-refractivity contribution in [1.82, 2.24) is 4.98 Å². The van der Waals surface area contributed by atoms with Gasteiger partial charge in [-0.25, -0.2) is 0 Å². The lowest BCUT2D eigenvalue weighted by Crippen LogP contribution is -2.32. The van der Waals surface area contributed by atoms with Crippen molar-refractivity contribution in [3.8, 4) is 11.5 Å². The maximum Gasteiger partial charge on any atom is 0.246 e. The molecule has 30 heavy (non-hydrogen) atoms. The highest BCUT2D eigenvalue weighted by atomic mass is 35.5. The second-order valence-electron chi connectivity index (χ2n) is 6.54. The number of pyridine rings is 1. The summed E-state index contributed by atoms with van der Waals surface area (Å²) in [6.45, 7) is 4.52. The Morgan fingerprint density at radius 1 is 1.07 bits per heavy atom. The molecule has 1 aromatic heterocycles. The number of ether oxygens (including phenoxy) is 2. The second-order valence-corrected chi connectivity index (χ2v) is 6.95. The Bertz CT molecular complexity index is 982. The smallest absolute Gasteiger partial charge is 0.246 e. The van der Waals surface area contributed by atoms with Gasteiger partial charge in [0.15, 0.2) is 0 Å². The lowest BCUT2D eigenvalue weighted by atomic mass is 10.2. The topological polar surface area (TPSA) is 72.5 Å². The summed E-state index contributed by atoms with van der Waals surface area (Å²) in [6, 6.07) is 17.8. The van der Waals surface area contributed by atoms with Crippen LogP contribution in [0, 0.1) is 0 Å². The number of hydrogen-bond acceptors (Lipinski definition) is 5. The van der Waals surface area contributed by atoms with Crippen molar-refractivity contribution in [3.05, 3.63) is 77.6 Å². The van der Waals surface area contributed by atoms with E-state index in [1.807, 2.05) is 49.4 Å². The second kappa shape index (κ2) is 10.5. The number of aromatic nitrogens is 1. The van der Waals surface area contributed by atoms with Gasteiger partial charge in [0, 0.05) is 11.9 Å². The van der Waals surface area contributed by atoms with Gasteiger partial charge in [0.2, 0.25) is 5.91 Å². The summed E-state index contributed by atoms with van der Waals surface area (Å²) in [6.07, 6.45) is 1.71. The zero-order chi connectivity index (χ0) is 21.3. The summed E-state index contributed by atoms with van der Waals surface area (Å²) in [5.41, 5.74) is 2.16. The van der Waals surface area contributed by atoms with E-state index in [0.717, 1.165) is 5.69 Å². The zero-order valence-corrected chi connectivity index (χ0v) is 17.6. The van der Waals surface area contributed by atoms with Gasteiger partial charge in [-0.05, 0) is 56.3 Å². The first kappa shape index (κ1) is 21.5. The quantitative estimate of drug-likeness (QED) is 0.496. The van der Waals surface area contributed by atoms with Crippen LogP contribution in [-0.4, -0.2) is 23.5 Å². The summed E-state index contributed by atoms with van der Waals surface area (Å²) in [5.74, 6) is 1.00. The lowest BCUT2D eigenvalue weighted by Gasteiger charge is -2.17. The molecule has 1 unspecified atom stereocenters. The van der Waals surface area contributed by atoms with E-state index in [1.54, 1.807) is 31.3 Å². The van der Waals surface area contributed by atoms with Crippen LogP contribution in [0.5, 0.6) is 11.5 Å². The Morgan fingerprint density at radius 3 is 2.60 bits per heavy atom. The fourth-order valence-electron chi connectivity index (χ4n) is 2.75. The minimum atomic E-state index is -0.490. The molecule has 156 valence electrons. The van der Waals surface area contributed by atoms with Crippen LogP contribution >= 0.6 is 11.6 Å². The minimum absolute atomic E-state index is 0.186. The Kier molecular flexibility index (Phi) is 7.51. The standard InChI is InChI=1S/C23H24ClN3O3/c1-3-29-22-10-5-4-9-20(22)27-23(28)16(2)26-17-11-12-21(19(24)14-17)30-15-18-8-6-7-13-25-18/h4-14,16,26H,3,15H2,1-2H3,(H,27,28). The largest absolute Gasteiger partial charge is 0.492 e. The molecule has 0 fully saturated rings. The van der Waals surface area contributed by atoms with Crippen molar-refractivity contribution in [2.24, 2.45) is 0 Å². The first-order chi connectivity index (χ1) is 14.6. The Balaban J connectivity index is 1.59. The molecule has 1 heterocycles. The number of carbonyl (C=O) groups is 1. The Hall–Kier alpha value is -3.25. The normalized spacial score (nSPS) is 11.4. The molecular weight excluding hydrogens is 402 g/mol. The summed E-state index contributed by atoms with van der Waals surface area (Å²) in [5, 5.41) is 6.49. The van der Waals surface area contributed by atoms with E-state index in [-0.39, 0.29) is 5.91 Å². The fourth-order valence-corrected chi connectivity index (χ4v) is 2.99. The summed E-state index contributed by atoms with van der Waals surface area (Å²) >= 11 is 6.34. The molecule has 0 radical (unpaired) electrons. The number of rotatable bonds is 9. The van der Waals surface area contributed by atoms with Crippen molar-refractivity contribution in [2.45, 2.75) is 26.5 Å². The Labute approximate surface area is 181 Å². The molecule has 0 saturated heterocycles. The number of amides is 1. The summed E-state index contributed by atoms with van der Waals surface area (Å²) in [4.78, 5) is 16.8. The number of para-hydroxylation sites is 2. The molecule has 3 rings (SSSR count). The predicted molar refractivity (Wildman–Crippen MR) is 119 cm³/mol. The van der Waals surface area contributed by atoms with E-state index < -0.39 is 6.04 Å². The van der Waals surface area contributed by atoms with Gasteiger partial charge in [-0.15, -0.1) is 0 Å². The van der Waals surface area contributed by atoms with Gasteiger partial charge in [0.1, 0.15) is 24.1 Å². The maximum absolute atomic E-state index is 12.6. The highest BCUT2D eigenvalue weighted by Crippen LogP contribution is 2.29. The molecule has 6 nitrogen and oxygen atoms in total. The number of nitrogens with zero attached hydrogens (tertiary/aromatic N) is 1. The van der Waals surface area contributed by atoms with E-state index in [1.165, 1.54) is 0 Å². The lowest BCUT2D eigenvalue weighted by molar-refractivity contribution is -0.116. The van der Waals surface area contributed by atoms with Crippen LogP contribution in [0.2, 0.25) is 5.02 Å². The average Bonchev–Trinajstić information content (AvgIpc) is 2.75. The number of anilines is 2. The fraction of sp³-hybridized carbons (Fsp3) is 0.217.